The van der Waals surface area contributed by atoms with Crippen molar-refractivity contribution in [1.29, 1.82) is 0 Å². The Kier molecular flexibility index (Phi) is 4.40. The minimum Gasteiger partial charge on any atom is -0.494 e. The minimum absolute atomic E-state index is 0.229. The lowest BCUT2D eigenvalue weighted by Crippen LogP contribution is -2.37. The van der Waals surface area contributed by atoms with Crippen LogP contribution in [0.2, 0.25) is 0 Å². The van der Waals surface area contributed by atoms with Crippen LogP contribution in [0.3, 0.4) is 0 Å². The highest BCUT2D eigenvalue weighted by Crippen LogP contribution is 2.33. The summed E-state index contributed by atoms with van der Waals surface area (Å²) in [7, 11) is 0. The molecule has 1 aliphatic heterocycles. The van der Waals surface area contributed by atoms with Gasteiger partial charge >= 0.3 is 0 Å². The zero-order valence-corrected chi connectivity index (χ0v) is 10.2. The third kappa shape index (κ3) is 3.45. The molecule has 0 aliphatic carbocycles. The van der Waals surface area contributed by atoms with Gasteiger partial charge in [-0.15, -0.1) is 0 Å². The lowest BCUT2D eigenvalue weighted by molar-refractivity contribution is 0.00855. The maximum absolute atomic E-state index is 5.91. The number of para-hydroxylation sites is 1. The van der Waals surface area contributed by atoms with Crippen LogP contribution in [-0.4, -0.2) is 26.4 Å². The maximum Gasteiger partial charge on any atom is 0.119 e. The number of rotatable bonds is 5. The molecule has 1 fully saturated rings. The Morgan fingerprint density at radius 2 is 1.88 bits per heavy atom. The first-order valence-electron chi connectivity index (χ1n) is 6.30. The maximum atomic E-state index is 5.91. The van der Waals surface area contributed by atoms with E-state index in [1.165, 1.54) is 0 Å². The van der Waals surface area contributed by atoms with Gasteiger partial charge in [0.2, 0.25) is 0 Å². The largest absolute Gasteiger partial charge is 0.494 e. The second kappa shape index (κ2) is 6.03. The van der Waals surface area contributed by atoms with Crippen LogP contribution in [0.5, 0.6) is 5.75 Å². The Bertz CT molecular complexity index is 320. The first kappa shape index (κ1) is 12.4. The fraction of sp³-hybridized carbons (Fsp3) is 0.571. The number of ether oxygens (including phenoxy) is 2. The molecule has 1 aliphatic rings. The van der Waals surface area contributed by atoms with Gasteiger partial charge in [-0.2, -0.15) is 0 Å². The van der Waals surface area contributed by atoms with Crippen LogP contribution < -0.4 is 10.5 Å². The van der Waals surface area contributed by atoms with Crippen molar-refractivity contribution in [3.05, 3.63) is 30.3 Å². The molecule has 94 valence electrons. The van der Waals surface area contributed by atoms with Crippen LogP contribution in [0.1, 0.15) is 19.3 Å². The monoisotopic (exact) mass is 235 g/mol. The number of nitrogens with two attached hydrogens (primary N) is 1. The van der Waals surface area contributed by atoms with Crippen LogP contribution in [0, 0.1) is 5.41 Å². The molecular formula is C14H21NO2. The highest BCUT2D eigenvalue weighted by Gasteiger charge is 2.30. The zero-order valence-electron chi connectivity index (χ0n) is 10.2. The Labute approximate surface area is 103 Å². The number of benzene rings is 1. The molecule has 17 heavy (non-hydrogen) atoms. The second-order valence-corrected chi connectivity index (χ2v) is 4.73. The summed E-state index contributed by atoms with van der Waals surface area (Å²) in [6.07, 6.45) is 3.13. The molecule has 1 aromatic carbocycles. The van der Waals surface area contributed by atoms with E-state index < -0.39 is 0 Å². The van der Waals surface area contributed by atoms with Crippen molar-refractivity contribution >= 4 is 0 Å². The smallest absolute Gasteiger partial charge is 0.119 e. The highest BCUT2D eigenvalue weighted by molar-refractivity contribution is 5.20. The SMILES string of the molecule is NCC1(CCOc2ccccc2)CCOCC1. The summed E-state index contributed by atoms with van der Waals surface area (Å²) in [6, 6.07) is 9.94. The predicted octanol–water partition coefficient (Wildman–Crippen LogP) is 2.21. The van der Waals surface area contributed by atoms with Crippen LogP contribution in [-0.2, 0) is 4.74 Å². The van der Waals surface area contributed by atoms with Gasteiger partial charge in [0.15, 0.2) is 0 Å². The van der Waals surface area contributed by atoms with Crippen molar-refractivity contribution in [3.8, 4) is 5.75 Å². The van der Waals surface area contributed by atoms with E-state index in [0.29, 0.717) is 0 Å². The molecule has 2 rings (SSSR count). The number of hydrogen-bond donors (Lipinski definition) is 1. The van der Waals surface area contributed by atoms with Gasteiger partial charge in [0, 0.05) is 13.2 Å². The Balaban J connectivity index is 1.80. The third-order valence-corrected chi connectivity index (χ3v) is 3.63. The molecule has 3 heteroatoms. The highest BCUT2D eigenvalue weighted by atomic mass is 16.5. The van der Waals surface area contributed by atoms with Crippen molar-refractivity contribution in [3.63, 3.8) is 0 Å². The molecule has 0 amide bonds. The van der Waals surface area contributed by atoms with E-state index >= 15 is 0 Å². The second-order valence-electron chi connectivity index (χ2n) is 4.73. The van der Waals surface area contributed by atoms with E-state index in [2.05, 4.69) is 0 Å². The van der Waals surface area contributed by atoms with Gasteiger partial charge in [-0.25, -0.2) is 0 Å². The van der Waals surface area contributed by atoms with Crippen LogP contribution in [0.25, 0.3) is 0 Å². The van der Waals surface area contributed by atoms with Crippen LogP contribution in [0.15, 0.2) is 30.3 Å². The Morgan fingerprint density at radius 1 is 1.18 bits per heavy atom. The normalized spacial score (nSPS) is 18.9. The molecule has 0 radical (unpaired) electrons. The van der Waals surface area contributed by atoms with Crippen molar-refractivity contribution < 1.29 is 9.47 Å². The molecule has 0 spiro atoms. The van der Waals surface area contributed by atoms with Crippen LogP contribution >= 0.6 is 0 Å². The summed E-state index contributed by atoms with van der Waals surface area (Å²) >= 11 is 0. The van der Waals surface area contributed by atoms with Gasteiger partial charge in [0.05, 0.1) is 6.61 Å². The average Bonchev–Trinajstić information content (AvgIpc) is 2.41. The minimum atomic E-state index is 0.229. The molecule has 0 atom stereocenters. The molecular weight excluding hydrogens is 214 g/mol. The molecule has 0 saturated carbocycles. The predicted molar refractivity (Wildman–Crippen MR) is 68.1 cm³/mol. The van der Waals surface area contributed by atoms with Crippen molar-refractivity contribution in [2.45, 2.75) is 19.3 Å². The van der Waals surface area contributed by atoms with Crippen molar-refractivity contribution in [1.82, 2.24) is 0 Å². The molecule has 0 bridgehead atoms. The summed E-state index contributed by atoms with van der Waals surface area (Å²) in [5, 5.41) is 0. The summed E-state index contributed by atoms with van der Waals surface area (Å²) in [4.78, 5) is 0. The first-order chi connectivity index (χ1) is 8.35. The fourth-order valence-electron chi connectivity index (χ4n) is 2.26. The first-order valence-corrected chi connectivity index (χ1v) is 6.30. The molecule has 0 aromatic heterocycles. The topological polar surface area (TPSA) is 44.5 Å². The van der Waals surface area contributed by atoms with E-state index in [0.717, 1.165) is 51.4 Å². The van der Waals surface area contributed by atoms with Gasteiger partial charge in [-0.3, -0.25) is 0 Å². The third-order valence-electron chi connectivity index (χ3n) is 3.63. The lowest BCUT2D eigenvalue weighted by atomic mass is 9.78. The van der Waals surface area contributed by atoms with E-state index in [1.54, 1.807) is 0 Å². The summed E-state index contributed by atoms with van der Waals surface area (Å²) in [6.45, 7) is 3.14. The Hall–Kier alpha value is -1.06. The van der Waals surface area contributed by atoms with Gasteiger partial charge < -0.3 is 15.2 Å². The summed E-state index contributed by atoms with van der Waals surface area (Å²) < 4.78 is 11.1. The van der Waals surface area contributed by atoms with Gasteiger partial charge in [0.1, 0.15) is 5.75 Å². The van der Waals surface area contributed by atoms with Gasteiger partial charge in [0.25, 0.3) is 0 Å². The quantitative estimate of drug-likeness (QED) is 0.851. The van der Waals surface area contributed by atoms with E-state index in [9.17, 15) is 0 Å². The Morgan fingerprint density at radius 3 is 2.53 bits per heavy atom. The van der Waals surface area contributed by atoms with Crippen molar-refractivity contribution in [2.75, 3.05) is 26.4 Å². The molecule has 1 aromatic rings. The number of hydrogen-bond acceptors (Lipinski definition) is 3. The lowest BCUT2D eigenvalue weighted by Gasteiger charge is -2.36. The average molecular weight is 235 g/mol. The zero-order chi connectivity index (χ0) is 12.0. The molecule has 2 N–H and O–H groups in total. The van der Waals surface area contributed by atoms with Crippen LogP contribution in [0.4, 0.5) is 0 Å². The van der Waals surface area contributed by atoms with E-state index in [1.807, 2.05) is 30.3 Å². The van der Waals surface area contributed by atoms with Crippen molar-refractivity contribution in [2.24, 2.45) is 11.1 Å². The molecule has 3 nitrogen and oxygen atoms in total. The molecule has 1 saturated heterocycles. The van der Waals surface area contributed by atoms with E-state index in [-0.39, 0.29) is 5.41 Å². The fourth-order valence-corrected chi connectivity index (χ4v) is 2.26. The van der Waals surface area contributed by atoms with Gasteiger partial charge in [-0.05, 0) is 43.4 Å². The van der Waals surface area contributed by atoms with E-state index in [4.69, 9.17) is 15.2 Å². The summed E-state index contributed by atoms with van der Waals surface area (Å²) in [5.74, 6) is 0.937. The molecule has 1 heterocycles. The standard InChI is InChI=1S/C14H21NO2/c15-12-14(6-9-16-10-7-14)8-11-17-13-4-2-1-3-5-13/h1-5H,6-12,15H2. The summed E-state index contributed by atoms with van der Waals surface area (Å²) in [5.41, 5.74) is 6.14. The molecule has 0 unspecified atom stereocenters. The van der Waals surface area contributed by atoms with Gasteiger partial charge in [-0.1, -0.05) is 18.2 Å².